The third kappa shape index (κ3) is 9.16. The molecule has 0 heterocycles. The largest absolute Gasteiger partial charge is 0.495 e. The molecule has 0 aliphatic rings. The van der Waals surface area contributed by atoms with E-state index >= 15 is 4.39 Å². The quantitative estimate of drug-likeness (QED) is 0.0796. The van der Waals surface area contributed by atoms with Crippen LogP contribution in [0.4, 0.5) is 15.8 Å². The van der Waals surface area contributed by atoms with Gasteiger partial charge in [0.05, 0.1) is 22.6 Å². The van der Waals surface area contributed by atoms with E-state index in [0.717, 1.165) is 21.7 Å². The zero-order valence-corrected chi connectivity index (χ0v) is 29.4. The van der Waals surface area contributed by atoms with Crippen LogP contribution in [0.1, 0.15) is 36.5 Å². The highest BCUT2D eigenvalue weighted by atomic mass is 35.5. The molecular weight excluding hydrogens is 687 g/mol. The van der Waals surface area contributed by atoms with Crippen LogP contribution >= 0.6 is 11.6 Å². The van der Waals surface area contributed by atoms with Crippen LogP contribution in [0, 0.1) is 22.9 Å². The molecule has 0 radical (unpaired) electrons. The molecule has 14 heteroatoms. The molecule has 4 aromatic carbocycles. The molecular formula is C36H38ClFN4O7S. The summed E-state index contributed by atoms with van der Waals surface area (Å²) in [5.41, 5.74) is 0.468. The van der Waals surface area contributed by atoms with Gasteiger partial charge in [-0.3, -0.25) is 24.0 Å². The first kappa shape index (κ1) is 37.8. The molecule has 0 fully saturated rings. The van der Waals surface area contributed by atoms with Crippen molar-refractivity contribution in [3.05, 3.63) is 129 Å². The minimum atomic E-state index is -4.74. The number of amides is 2. The van der Waals surface area contributed by atoms with Gasteiger partial charge in [0.2, 0.25) is 11.8 Å². The monoisotopic (exact) mass is 724 g/mol. The third-order valence-electron chi connectivity index (χ3n) is 8.05. The van der Waals surface area contributed by atoms with Crippen LogP contribution < -0.4 is 14.4 Å². The van der Waals surface area contributed by atoms with Gasteiger partial charge in [-0.2, -0.15) is 0 Å². The van der Waals surface area contributed by atoms with Crippen LogP contribution in [0.25, 0.3) is 0 Å². The van der Waals surface area contributed by atoms with Crippen LogP contribution in [0.5, 0.6) is 5.75 Å². The van der Waals surface area contributed by atoms with Gasteiger partial charge >= 0.3 is 0 Å². The number of carbonyl (C=O) groups is 2. The molecule has 1 atom stereocenters. The van der Waals surface area contributed by atoms with Crippen molar-refractivity contribution >= 4 is 44.8 Å². The number of nitrogens with one attached hydrogen (secondary N) is 1. The number of rotatable bonds is 16. The second-order valence-corrected chi connectivity index (χ2v) is 13.8. The first-order chi connectivity index (χ1) is 23.9. The molecule has 4 rings (SSSR count). The molecule has 0 aliphatic carbocycles. The molecule has 0 aliphatic heterocycles. The van der Waals surface area contributed by atoms with E-state index in [9.17, 15) is 28.1 Å². The number of hydrogen-bond acceptors (Lipinski definition) is 7. The highest BCUT2D eigenvalue weighted by Gasteiger charge is 2.36. The maximum Gasteiger partial charge on any atom is 0.273 e. The molecule has 0 spiro atoms. The molecule has 0 bridgehead atoms. The molecule has 11 nitrogen and oxygen atoms in total. The van der Waals surface area contributed by atoms with Crippen LogP contribution in [-0.2, 0) is 32.6 Å². The van der Waals surface area contributed by atoms with E-state index in [1.54, 1.807) is 36.4 Å². The molecule has 0 aromatic heterocycles. The van der Waals surface area contributed by atoms with Crippen LogP contribution in [0.2, 0.25) is 5.02 Å². The molecule has 0 unspecified atom stereocenters. The number of nitrogens with zero attached hydrogens (tertiary/aromatic N) is 3. The third-order valence-corrected chi connectivity index (χ3v) is 10.0. The summed E-state index contributed by atoms with van der Waals surface area (Å²) in [5, 5.41) is 14.8. The number of benzene rings is 4. The first-order valence-electron chi connectivity index (χ1n) is 15.8. The normalized spacial score (nSPS) is 11.8. The Labute approximate surface area is 295 Å². The van der Waals surface area contributed by atoms with Gasteiger partial charge in [0.1, 0.15) is 24.2 Å². The van der Waals surface area contributed by atoms with Gasteiger partial charge in [-0.05, 0) is 49.2 Å². The Balaban J connectivity index is 1.89. The van der Waals surface area contributed by atoms with Gasteiger partial charge in [-0.1, -0.05) is 79.5 Å². The Hall–Kier alpha value is -5.01. The summed E-state index contributed by atoms with van der Waals surface area (Å²) in [5.74, 6) is -1.95. The van der Waals surface area contributed by atoms with E-state index < -0.39 is 55.7 Å². The molecule has 2 amide bonds. The molecule has 1 N–H and O–H groups in total. The second-order valence-electron chi connectivity index (χ2n) is 11.5. The zero-order valence-electron chi connectivity index (χ0n) is 27.8. The summed E-state index contributed by atoms with van der Waals surface area (Å²) >= 11 is 6.31. The number of anilines is 1. The Morgan fingerprint density at radius 3 is 2.38 bits per heavy atom. The Morgan fingerprint density at radius 1 is 1.02 bits per heavy atom. The first-order valence-corrected chi connectivity index (χ1v) is 17.6. The lowest BCUT2D eigenvalue weighted by Gasteiger charge is -2.34. The molecule has 0 saturated carbocycles. The summed E-state index contributed by atoms with van der Waals surface area (Å²) in [6.45, 7) is 2.48. The van der Waals surface area contributed by atoms with Crippen molar-refractivity contribution in [1.82, 2.24) is 10.2 Å². The number of sulfonamides is 1. The maximum atomic E-state index is 15.1. The zero-order chi connectivity index (χ0) is 36.4. The van der Waals surface area contributed by atoms with Gasteiger partial charge in [0.25, 0.3) is 15.7 Å². The summed E-state index contributed by atoms with van der Waals surface area (Å²) in [4.78, 5) is 40.3. The average Bonchev–Trinajstić information content (AvgIpc) is 3.09. The van der Waals surface area contributed by atoms with Crippen molar-refractivity contribution in [3.8, 4) is 5.75 Å². The fourth-order valence-electron chi connectivity index (χ4n) is 5.32. The van der Waals surface area contributed by atoms with Crippen molar-refractivity contribution in [2.75, 3.05) is 24.5 Å². The Bertz CT molecular complexity index is 1950. The molecule has 4 aromatic rings. The van der Waals surface area contributed by atoms with Crippen LogP contribution in [-0.4, -0.2) is 56.3 Å². The summed E-state index contributed by atoms with van der Waals surface area (Å²) in [7, 11) is -3.44. The number of nitro groups is 1. The lowest BCUT2D eigenvalue weighted by molar-refractivity contribution is -0.385. The van der Waals surface area contributed by atoms with E-state index in [-0.39, 0.29) is 40.6 Å². The summed E-state index contributed by atoms with van der Waals surface area (Å²) in [6.07, 6.45) is 1.51. The molecule has 264 valence electrons. The minimum absolute atomic E-state index is 0.0335. The number of methoxy groups -OCH3 is 1. The minimum Gasteiger partial charge on any atom is -0.495 e. The number of nitro benzene ring substituents is 1. The number of ether oxygens (including phenoxy) is 1. The fourth-order valence-corrected chi connectivity index (χ4v) is 6.92. The van der Waals surface area contributed by atoms with Gasteiger partial charge in [-0.15, -0.1) is 0 Å². The highest BCUT2D eigenvalue weighted by molar-refractivity contribution is 7.92. The van der Waals surface area contributed by atoms with Gasteiger partial charge in [0.15, 0.2) is 0 Å². The summed E-state index contributed by atoms with van der Waals surface area (Å²) in [6, 6.07) is 21.1. The van der Waals surface area contributed by atoms with Crippen molar-refractivity contribution < 1.29 is 32.1 Å². The standard InChI is InChI=1S/C36H38ClFN4O7S/c1-4-5-19-39-36(44)33(20-26-11-7-6-8-12-26)40(23-27-13-9-10-14-30(27)38)35(43)24-41(32-21-28(37)16-18-34(32)49-3)50(47,48)29-17-15-25(2)31(22-29)42(45)46/h6-18,21-22,33H,4-5,19-20,23-24H2,1-3H3,(H,39,44)/t33-/m1/s1. The molecule has 0 saturated heterocycles. The smallest absolute Gasteiger partial charge is 0.273 e. The summed E-state index contributed by atoms with van der Waals surface area (Å²) < 4.78 is 50.2. The van der Waals surface area contributed by atoms with Gasteiger partial charge in [-0.25, -0.2) is 12.8 Å². The van der Waals surface area contributed by atoms with E-state index in [1.165, 1.54) is 62.6 Å². The van der Waals surface area contributed by atoms with Crippen LogP contribution in [0.15, 0.2) is 95.9 Å². The average molecular weight is 725 g/mol. The maximum absolute atomic E-state index is 15.1. The topological polar surface area (TPSA) is 139 Å². The van der Waals surface area contributed by atoms with E-state index in [2.05, 4.69) is 5.32 Å². The van der Waals surface area contributed by atoms with Gasteiger partial charge in [0, 0.05) is 41.7 Å². The number of carbonyl (C=O) groups excluding carboxylic acids is 2. The van der Waals surface area contributed by atoms with Crippen LogP contribution in [0.3, 0.4) is 0 Å². The predicted molar refractivity (Wildman–Crippen MR) is 189 cm³/mol. The predicted octanol–water partition coefficient (Wildman–Crippen LogP) is 6.46. The Morgan fingerprint density at radius 2 is 1.72 bits per heavy atom. The molecule has 50 heavy (non-hydrogen) atoms. The lowest BCUT2D eigenvalue weighted by atomic mass is 10.0. The second kappa shape index (κ2) is 17.1. The fraction of sp³-hybridized carbons (Fsp3) is 0.278. The van der Waals surface area contributed by atoms with E-state index in [4.69, 9.17) is 16.3 Å². The number of unbranched alkanes of at least 4 members (excludes halogenated alkanes) is 1. The van der Waals surface area contributed by atoms with Crippen molar-refractivity contribution in [3.63, 3.8) is 0 Å². The SMILES string of the molecule is CCCCNC(=O)[C@@H](Cc1ccccc1)N(Cc1ccccc1F)C(=O)CN(c1cc(Cl)ccc1OC)S(=O)(=O)c1ccc(C)c([N+](=O)[O-])c1. The van der Waals surface area contributed by atoms with E-state index in [1.807, 2.05) is 6.92 Å². The van der Waals surface area contributed by atoms with Crippen molar-refractivity contribution in [1.29, 1.82) is 0 Å². The Kier molecular flexibility index (Phi) is 12.9. The number of halogens is 2. The number of hydrogen-bond donors (Lipinski definition) is 1. The van der Waals surface area contributed by atoms with E-state index in [0.29, 0.717) is 18.5 Å². The lowest BCUT2D eigenvalue weighted by Crippen LogP contribution is -2.53. The van der Waals surface area contributed by atoms with Crippen molar-refractivity contribution in [2.45, 2.75) is 50.6 Å². The van der Waals surface area contributed by atoms with Gasteiger partial charge < -0.3 is 15.0 Å². The highest BCUT2D eigenvalue weighted by Crippen LogP contribution is 2.36. The number of aryl methyl sites for hydroxylation is 1. The van der Waals surface area contributed by atoms with Crippen molar-refractivity contribution in [2.24, 2.45) is 0 Å².